The topological polar surface area (TPSA) is 43.1 Å². The second-order valence-electron chi connectivity index (χ2n) is 2.30. The summed E-state index contributed by atoms with van der Waals surface area (Å²) in [6.07, 6.45) is 0. The molecule has 0 unspecified atom stereocenters. The molecule has 0 aliphatic heterocycles. The molecule has 0 spiro atoms. The highest BCUT2D eigenvalue weighted by Crippen LogP contribution is 2.39. The van der Waals surface area contributed by atoms with E-state index in [4.69, 9.17) is 0 Å². The lowest BCUT2D eigenvalue weighted by Crippen LogP contribution is -1.96. The number of alkyl halides is 3. The first-order chi connectivity index (χ1) is 6.38. The van der Waals surface area contributed by atoms with Gasteiger partial charge >= 0.3 is 4.71 Å². The molecule has 0 radical (unpaired) electrons. The summed E-state index contributed by atoms with van der Waals surface area (Å²) in [5, 5.41) is 10.2. The maximum atomic E-state index is 12.3. The van der Waals surface area contributed by atoms with E-state index in [2.05, 4.69) is 11.6 Å². The number of halogens is 3. The zero-order valence-electron chi connectivity index (χ0n) is 6.62. The van der Waals surface area contributed by atoms with E-state index < -0.39 is 9.64 Å². The molecule has 0 aliphatic carbocycles. The molecule has 0 amide bonds. The van der Waals surface area contributed by atoms with Crippen LogP contribution < -0.4 is 0 Å². The van der Waals surface area contributed by atoms with E-state index in [1.54, 1.807) is 0 Å². The summed E-state index contributed by atoms with van der Waals surface area (Å²) in [6.45, 7) is 0. The molecule has 0 saturated carbocycles. The average Bonchev–Trinajstić information content (AvgIpc) is 2.02. The van der Waals surface area contributed by atoms with Gasteiger partial charge in [0.25, 0.3) is 5.69 Å². The van der Waals surface area contributed by atoms with Crippen LogP contribution >= 0.6 is 23.4 Å². The molecular weight excluding hydrogens is 236 g/mol. The van der Waals surface area contributed by atoms with Crippen LogP contribution in [0.25, 0.3) is 0 Å². The third-order valence-electron chi connectivity index (χ3n) is 1.28. The second-order valence-corrected chi connectivity index (χ2v) is 4.19. The zero-order chi connectivity index (χ0) is 10.8. The number of nitrogens with zero attached hydrogens (tertiary/aromatic N) is 1. The number of thioether (sulfide) groups is 1. The maximum Gasteiger partial charge on any atom is 0.375 e. The van der Waals surface area contributed by atoms with Crippen molar-refractivity contribution in [3.05, 3.63) is 34.4 Å². The summed E-state index contributed by atoms with van der Waals surface area (Å²) >= 11 is 4.80. The molecule has 0 atom stereocenters. The van der Waals surface area contributed by atoms with Crippen LogP contribution in [0.3, 0.4) is 0 Å². The molecular formula is C7H4ClF2NO2S. The van der Waals surface area contributed by atoms with Crippen molar-refractivity contribution in [2.24, 2.45) is 0 Å². The minimum Gasteiger partial charge on any atom is -0.258 e. The van der Waals surface area contributed by atoms with Gasteiger partial charge in [0.1, 0.15) is 0 Å². The van der Waals surface area contributed by atoms with Gasteiger partial charge in [-0.1, -0.05) is 0 Å². The molecule has 0 bridgehead atoms. The summed E-state index contributed by atoms with van der Waals surface area (Å²) in [6, 6.07) is 4.73. The summed E-state index contributed by atoms with van der Waals surface area (Å²) in [5.74, 6) is 0. The van der Waals surface area contributed by atoms with E-state index in [1.807, 2.05) is 0 Å². The van der Waals surface area contributed by atoms with Gasteiger partial charge in [0.15, 0.2) is 0 Å². The van der Waals surface area contributed by atoms with Crippen molar-refractivity contribution in [1.82, 2.24) is 0 Å². The standard InChI is InChI=1S/C7H4ClF2NO2S/c8-7(9,10)14-6-3-1-5(2-4-6)11(12)13/h1-4H. The lowest BCUT2D eigenvalue weighted by molar-refractivity contribution is -0.384. The highest BCUT2D eigenvalue weighted by molar-refractivity contribution is 8.01. The van der Waals surface area contributed by atoms with Gasteiger partial charge in [-0.25, -0.2) is 0 Å². The summed E-state index contributed by atoms with van der Waals surface area (Å²) < 4.78 is 21.1. The van der Waals surface area contributed by atoms with Crippen molar-refractivity contribution >= 4 is 29.1 Å². The first kappa shape index (κ1) is 11.2. The second kappa shape index (κ2) is 4.10. The predicted octanol–water partition coefficient (Wildman–Crippen LogP) is 3.48. The Morgan fingerprint density at radius 1 is 1.36 bits per heavy atom. The van der Waals surface area contributed by atoms with Crippen molar-refractivity contribution in [3.8, 4) is 0 Å². The van der Waals surface area contributed by atoms with Crippen LogP contribution in [-0.2, 0) is 0 Å². The first-order valence-electron chi connectivity index (χ1n) is 3.39. The summed E-state index contributed by atoms with van der Waals surface area (Å²) in [5.41, 5.74) is -0.146. The van der Waals surface area contributed by atoms with Gasteiger partial charge in [-0.05, 0) is 35.5 Å². The SMILES string of the molecule is O=[N+]([O-])c1ccc(SC(F)(F)Cl)cc1. The Morgan fingerprint density at radius 3 is 2.21 bits per heavy atom. The normalized spacial score (nSPS) is 11.4. The fourth-order valence-corrected chi connectivity index (χ4v) is 1.58. The molecule has 76 valence electrons. The molecule has 1 aromatic rings. The van der Waals surface area contributed by atoms with Crippen molar-refractivity contribution in [2.75, 3.05) is 0 Å². The number of benzene rings is 1. The van der Waals surface area contributed by atoms with Gasteiger partial charge in [-0.2, -0.15) is 8.78 Å². The fraction of sp³-hybridized carbons (Fsp3) is 0.143. The van der Waals surface area contributed by atoms with E-state index in [0.29, 0.717) is 0 Å². The van der Waals surface area contributed by atoms with E-state index in [1.165, 1.54) is 12.1 Å². The largest absolute Gasteiger partial charge is 0.375 e. The number of hydrogen-bond acceptors (Lipinski definition) is 3. The van der Waals surface area contributed by atoms with Crippen molar-refractivity contribution in [3.63, 3.8) is 0 Å². The summed E-state index contributed by atoms with van der Waals surface area (Å²) in [4.78, 5) is 9.79. The first-order valence-corrected chi connectivity index (χ1v) is 4.58. The van der Waals surface area contributed by atoms with Crippen LogP contribution in [0.15, 0.2) is 29.2 Å². The van der Waals surface area contributed by atoms with Crippen LogP contribution in [0.5, 0.6) is 0 Å². The predicted molar refractivity (Wildman–Crippen MR) is 49.8 cm³/mol. The van der Waals surface area contributed by atoms with Crippen LogP contribution in [0.2, 0.25) is 0 Å². The van der Waals surface area contributed by atoms with Crippen molar-refractivity contribution in [1.29, 1.82) is 0 Å². The number of rotatable bonds is 3. The Hall–Kier alpha value is -0.880. The molecule has 3 nitrogen and oxygen atoms in total. The smallest absolute Gasteiger partial charge is 0.258 e. The van der Waals surface area contributed by atoms with Crippen LogP contribution in [0.4, 0.5) is 14.5 Å². The molecule has 0 fully saturated rings. The lowest BCUT2D eigenvalue weighted by atomic mass is 10.3. The maximum absolute atomic E-state index is 12.3. The molecule has 0 aliphatic rings. The molecule has 7 heteroatoms. The molecule has 0 aromatic heterocycles. The third-order valence-corrected chi connectivity index (χ3v) is 2.25. The number of hydrogen-bond donors (Lipinski definition) is 0. The molecule has 1 rings (SSSR count). The van der Waals surface area contributed by atoms with Gasteiger partial charge in [-0.3, -0.25) is 10.1 Å². The monoisotopic (exact) mass is 239 g/mol. The average molecular weight is 240 g/mol. The highest BCUT2D eigenvalue weighted by atomic mass is 35.5. The quantitative estimate of drug-likeness (QED) is 0.351. The van der Waals surface area contributed by atoms with E-state index in [-0.39, 0.29) is 22.3 Å². The molecule has 0 N–H and O–H groups in total. The number of nitro benzene ring substituents is 1. The van der Waals surface area contributed by atoms with Crippen molar-refractivity contribution < 1.29 is 13.7 Å². The van der Waals surface area contributed by atoms with Gasteiger partial charge < -0.3 is 0 Å². The Kier molecular flexibility index (Phi) is 3.28. The van der Waals surface area contributed by atoms with Gasteiger partial charge in [0, 0.05) is 17.0 Å². The van der Waals surface area contributed by atoms with E-state index >= 15 is 0 Å². The minimum absolute atomic E-state index is 0.131. The van der Waals surface area contributed by atoms with E-state index in [0.717, 1.165) is 12.1 Å². The van der Waals surface area contributed by atoms with Crippen LogP contribution in [0, 0.1) is 10.1 Å². The molecule has 14 heavy (non-hydrogen) atoms. The van der Waals surface area contributed by atoms with Gasteiger partial charge in [-0.15, -0.1) is 0 Å². The van der Waals surface area contributed by atoms with E-state index in [9.17, 15) is 18.9 Å². The lowest BCUT2D eigenvalue weighted by Gasteiger charge is -2.05. The fourth-order valence-electron chi connectivity index (χ4n) is 0.770. The Morgan fingerprint density at radius 2 is 1.86 bits per heavy atom. The zero-order valence-corrected chi connectivity index (χ0v) is 8.19. The highest BCUT2D eigenvalue weighted by Gasteiger charge is 2.26. The van der Waals surface area contributed by atoms with Gasteiger partial charge in [0.2, 0.25) is 0 Å². The number of non-ortho nitro benzene ring substituents is 1. The molecule has 1 aromatic carbocycles. The van der Waals surface area contributed by atoms with Crippen LogP contribution in [-0.4, -0.2) is 9.64 Å². The Balaban J connectivity index is 2.79. The third kappa shape index (κ3) is 3.47. The molecule has 0 saturated heterocycles. The van der Waals surface area contributed by atoms with Gasteiger partial charge in [0.05, 0.1) is 4.92 Å². The minimum atomic E-state index is -3.39. The van der Waals surface area contributed by atoms with Crippen molar-refractivity contribution in [2.45, 2.75) is 9.61 Å². The Bertz CT molecular complexity index is 339. The number of nitro groups is 1. The Labute approximate surface area is 87.2 Å². The molecule has 0 heterocycles. The summed E-state index contributed by atoms with van der Waals surface area (Å²) in [7, 11) is 0. The van der Waals surface area contributed by atoms with Crippen LogP contribution in [0.1, 0.15) is 0 Å².